The standard InChI is InChI=1S/C21H27N5O3/c27-21(28)12-25-9-16-7-19(20(8-17(16)10-25)29-13-14-1-2-14)26-11-18(23-24-26)15-3-5-22-6-4-15/h3-6,11,14,16-17,19-20H,1-2,7-10,12-13H2,(H,27,28)/t16-,17+,19-,20-/m1/s1. The Morgan fingerprint density at radius 2 is 1.93 bits per heavy atom. The summed E-state index contributed by atoms with van der Waals surface area (Å²) in [6.07, 6.45) is 10.1. The van der Waals surface area contributed by atoms with Gasteiger partial charge in [-0.3, -0.25) is 14.7 Å². The maximum atomic E-state index is 11.1. The molecule has 0 radical (unpaired) electrons. The second-order valence-electron chi connectivity index (χ2n) is 8.78. The molecule has 0 spiro atoms. The van der Waals surface area contributed by atoms with Crippen molar-refractivity contribution in [2.24, 2.45) is 17.8 Å². The van der Waals surface area contributed by atoms with Crippen molar-refractivity contribution in [3.8, 4) is 11.3 Å². The zero-order valence-corrected chi connectivity index (χ0v) is 16.4. The van der Waals surface area contributed by atoms with Crippen LogP contribution >= 0.6 is 0 Å². The van der Waals surface area contributed by atoms with Crippen LogP contribution in [-0.4, -0.2) is 68.3 Å². The van der Waals surface area contributed by atoms with Gasteiger partial charge in [0.05, 0.1) is 24.9 Å². The number of nitrogens with zero attached hydrogens (tertiary/aromatic N) is 5. The molecule has 3 aliphatic rings. The lowest BCUT2D eigenvalue weighted by Crippen LogP contribution is -2.38. The van der Waals surface area contributed by atoms with Gasteiger partial charge in [-0.2, -0.15) is 0 Å². The van der Waals surface area contributed by atoms with Crippen LogP contribution in [0.3, 0.4) is 0 Å². The van der Waals surface area contributed by atoms with Gasteiger partial charge in [0.15, 0.2) is 0 Å². The molecular weight excluding hydrogens is 370 g/mol. The predicted octanol–water partition coefficient (Wildman–Crippen LogP) is 2.10. The van der Waals surface area contributed by atoms with E-state index < -0.39 is 5.97 Å². The van der Waals surface area contributed by atoms with Crippen molar-refractivity contribution in [3.63, 3.8) is 0 Å². The Morgan fingerprint density at radius 3 is 2.66 bits per heavy atom. The number of rotatable bonds is 7. The van der Waals surface area contributed by atoms with Gasteiger partial charge in [0.25, 0.3) is 0 Å². The molecule has 2 aromatic rings. The summed E-state index contributed by atoms with van der Waals surface area (Å²) in [7, 11) is 0. The van der Waals surface area contributed by atoms with Crippen molar-refractivity contribution in [3.05, 3.63) is 30.7 Å². The van der Waals surface area contributed by atoms with Crippen molar-refractivity contribution in [2.75, 3.05) is 26.2 Å². The van der Waals surface area contributed by atoms with Crippen LogP contribution in [0.5, 0.6) is 0 Å². The minimum atomic E-state index is -0.750. The largest absolute Gasteiger partial charge is 0.480 e. The highest BCUT2D eigenvalue weighted by Crippen LogP contribution is 2.43. The maximum Gasteiger partial charge on any atom is 0.317 e. The normalized spacial score (nSPS) is 29.7. The average Bonchev–Trinajstić information content (AvgIpc) is 3.27. The lowest BCUT2D eigenvalue weighted by molar-refractivity contribution is -0.138. The molecule has 2 aliphatic carbocycles. The maximum absolute atomic E-state index is 11.1. The fraction of sp³-hybridized carbons (Fsp3) is 0.619. The predicted molar refractivity (Wildman–Crippen MR) is 105 cm³/mol. The number of carbonyl (C=O) groups is 1. The second-order valence-corrected chi connectivity index (χ2v) is 8.78. The molecule has 0 amide bonds. The summed E-state index contributed by atoms with van der Waals surface area (Å²) in [5.41, 5.74) is 1.85. The van der Waals surface area contributed by atoms with Gasteiger partial charge in [0.1, 0.15) is 5.69 Å². The van der Waals surface area contributed by atoms with E-state index in [2.05, 4.69) is 20.2 Å². The van der Waals surface area contributed by atoms with Crippen LogP contribution in [0.15, 0.2) is 30.7 Å². The topological polar surface area (TPSA) is 93.4 Å². The number of likely N-dealkylation sites (tertiary alicyclic amines) is 1. The number of aromatic nitrogens is 4. The lowest BCUT2D eigenvalue weighted by atomic mass is 9.77. The number of carboxylic acid groups (broad SMARTS) is 1. The van der Waals surface area contributed by atoms with Gasteiger partial charge >= 0.3 is 5.97 Å². The van der Waals surface area contributed by atoms with E-state index in [-0.39, 0.29) is 18.7 Å². The molecule has 3 heterocycles. The van der Waals surface area contributed by atoms with Crippen molar-refractivity contribution in [2.45, 2.75) is 37.8 Å². The first kappa shape index (κ1) is 18.7. The summed E-state index contributed by atoms with van der Waals surface area (Å²) in [6, 6.07) is 4.02. The van der Waals surface area contributed by atoms with Gasteiger partial charge in [0, 0.05) is 37.7 Å². The van der Waals surface area contributed by atoms with E-state index in [0.717, 1.165) is 43.8 Å². The fourth-order valence-corrected chi connectivity index (χ4v) is 4.90. The van der Waals surface area contributed by atoms with E-state index in [1.54, 1.807) is 12.4 Å². The van der Waals surface area contributed by atoms with Gasteiger partial charge in [-0.15, -0.1) is 5.10 Å². The molecule has 2 aromatic heterocycles. The molecule has 4 atom stereocenters. The first-order valence-electron chi connectivity index (χ1n) is 10.5. The second kappa shape index (κ2) is 7.84. The van der Waals surface area contributed by atoms with Gasteiger partial charge in [-0.25, -0.2) is 4.68 Å². The van der Waals surface area contributed by atoms with Gasteiger partial charge in [-0.1, -0.05) is 5.21 Å². The zero-order chi connectivity index (χ0) is 19.8. The van der Waals surface area contributed by atoms with Crippen LogP contribution in [0.25, 0.3) is 11.3 Å². The van der Waals surface area contributed by atoms with Crippen LogP contribution in [-0.2, 0) is 9.53 Å². The molecule has 0 aromatic carbocycles. The Labute approximate surface area is 169 Å². The third kappa shape index (κ3) is 4.18. The highest BCUT2D eigenvalue weighted by molar-refractivity contribution is 5.69. The Morgan fingerprint density at radius 1 is 1.17 bits per heavy atom. The number of aliphatic carboxylic acids is 1. The summed E-state index contributed by atoms with van der Waals surface area (Å²) >= 11 is 0. The highest BCUT2D eigenvalue weighted by atomic mass is 16.5. The van der Waals surface area contributed by atoms with Crippen LogP contribution in [0.1, 0.15) is 31.7 Å². The number of hydrogen-bond donors (Lipinski definition) is 1. The highest BCUT2D eigenvalue weighted by Gasteiger charge is 2.44. The molecule has 154 valence electrons. The van der Waals surface area contributed by atoms with Crippen molar-refractivity contribution in [1.29, 1.82) is 0 Å². The van der Waals surface area contributed by atoms with Crippen molar-refractivity contribution >= 4 is 5.97 Å². The summed E-state index contributed by atoms with van der Waals surface area (Å²) in [4.78, 5) is 17.3. The molecular formula is C21H27N5O3. The molecule has 0 unspecified atom stereocenters. The minimum absolute atomic E-state index is 0.105. The number of carboxylic acids is 1. The lowest BCUT2D eigenvalue weighted by Gasteiger charge is -2.37. The molecule has 8 heteroatoms. The van der Waals surface area contributed by atoms with Crippen molar-refractivity contribution in [1.82, 2.24) is 24.9 Å². The molecule has 29 heavy (non-hydrogen) atoms. The van der Waals surface area contributed by atoms with Crippen LogP contribution in [0.4, 0.5) is 0 Å². The van der Waals surface area contributed by atoms with Crippen LogP contribution in [0, 0.1) is 17.8 Å². The molecule has 8 nitrogen and oxygen atoms in total. The number of pyridine rings is 1. The average molecular weight is 397 g/mol. The molecule has 1 saturated heterocycles. The zero-order valence-electron chi connectivity index (χ0n) is 16.4. The molecule has 3 fully saturated rings. The molecule has 1 aliphatic heterocycles. The minimum Gasteiger partial charge on any atom is -0.480 e. The smallest absolute Gasteiger partial charge is 0.317 e. The third-order valence-electron chi connectivity index (χ3n) is 6.59. The third-order valence-corrected chi connectivity index (χ3v) is 6.59. The molecule has 0 bridgehead atoms. The van der Waals surface area contributed by atoms with E-state index in [0.29, 0.717) is 17.8 Å². The Bertz CT molecular complexity index is 853. The summed E-state index contributed by atoms with van der Waals surface area (Å²) in [5, 5.41) is 18.0. The van der Waals surface area contributed by atoms with E-state index in [4.69, 9.17) is 9.84 Å². The van der Waals surface area contributed by atoms with Crippen molar-refractivity contribution < 1.29 is 14.6 Å². The molecule has 1 N–H and O–H groups in total. The Kier molecular flexibility index (Phi) is 5.05. The first-order chi connectivity index (χ1) is 14.2. The van der Waals surface area contributed by atoms with Gasteiger partial charge in [0.2, 0.25) is 0 Å². The molecule has 5 rings (SSSR count). The number of fused-ring (bicyclic) bond motifs is 1. The van der Waals surface area contributed by atoms with E-state index in [1.807, 2.05) is 23.0 Å². The van der Waals surface area contributed by atoms with Gasteiger partial charge in [-0.05, 0) is 55.6 Å². The quantitative estimate of drug-likeness (QED) is 0.765. The summed E-state index contributed by atoms with van der Waals surface area (Å²) in [5.74, 6) is 0.940. The van der Waals surface area contributed by atoms with Gasteiger partial charge < -0.3 is 9.84 Å². The fourth-order valence-electron chi connectivity index (χ4n) is 4.90. The monoisotopic (exact) mass is 397 g/mol. The Hall–Kier alpha value is -2.32. The number of ether oxygens (including phenoxy) is 1. The van der Waals surface area contributed by atoms with Crippen LogP contribution < -0.4 is 0 Å². The summed E-state index contributed by atoms with van der Waals surface area (Å²) in [6.45, 7) is 2.64. The van der Waals surface area contributed by atoms with E-state index in [1.165, 1.54) is 12.8 Å². The van der Waals surface area contributed by atoms with E-state index >= 15 is 0 Å². The summed E-state index contributed by atoms with van der Waals surface area (Å²) < 4.78 is 8.36. The SMILES string of the molecule is O=C(O)CN1C[C@H]2C[C@@H](n3cc(-c4ccncc4)nn3)[C@H](OCC3CC3)C[C@H]2C1. The number of hydrogen-bond acceptors (Lipinski definition) is 6. The Balaban J connectivity index is 1.34. The van der Waals surface area contributed by atoms with E-state index in [9.17, 15) is 4.79 Å². The van der Waals surface area contributed by atoms with Crippen LogP contribution in [0.2, 0.25) is 0 Å². The molecule has 2 saturated carbocycles. The first-order valence-corrected chi connectivity index (χ1v) is 10.5.